The van der Waals surface area contributed by atoms with E-state index in [1.807, 2.05) is 42.5 Å². The van der Waals surface area contributed by atoms with Crippen LogP contribution in [0.3, 0.4) is 0 Å². The number of rotatable bonds is 6. The number of hydrogen-bond donors (Lipinski definition) is 1. The van der Waals surface area contributed by atoms with Gasteiger partial charge in [-0.2, -0.15) is 0 Å². The maximum Gasteiger partial charge on any atom is 0.242 e. The monoisotopic (exact) mass is 483 g/mol. The summed E-state index contributed by atoms with van der Waals surface area (Å²) in [4.78, 5) is 32.0. The topological polar surface area (TPSA) is 61.8 Å². The summed E-state index contributed by atoms with van der Waals surface area (Å²) in [5.74, 6) is -0.490. The van der Waals surface area contributed by atoms with Crippen molar-refractivity contribution < 1.29 is 9.59 Å². The molecule has 0 saturated carbocycles. The highest BCUT2D eigenvalue weighted by atomic mass is 35.5. The zero-order valence-electron chi connectivity index (χ0n) is 16.9. The molecule has 1 aliphatic heterocycles. The number of fused-ring (bicyclic) bond motifs is 1. The second-order valence-electron chi connectivity index (χ2n) is 7.11. The van der Waals surface area contributed by atoms with Crippen molar-refractivity contribution in [1.29, 1.82) is 0 Å². The van der Waals surface area contributed by atoms with Crippen molar-refractivity contribution in [3.63, 3.8) is 0 Å². The summed E-state index contributed by atoms with van der Waals surface area (Å²) in [6, 6.07) is 18.6. The molecule has 0 aliphatic carbocycles. The third kappa shape index (κ3) is 4.83. The molecule has 0 bridgehead atoms. The van der Waals surface area contributed by atoms with E-state index in [0.717, 1.165) is 16.5 Å². The Balaban J connectivity index is 1.56. The first-order valence-corrected chi connectivity index (χ1v) is 11.5. The zero-order chi connectivity index (χ0) is 22.7. The smallest absolute Gasteiger partial charge is 0.242 e. The molecule has 4 rings (SSSR count). The van der Waals surface area contributed by atoms with Crippen LogP contribution in [0.4, 0.5) is 11.4 Å². The number of hydrogen-bond acceptors (Lipinski definition) is 4. The third-order valence-corrected chi connectivity index (χ3v) is 6.61. The van der Waals surface area contributed by atoms with Gasteiger partial charge in [0.15, 0.2) is 5.17 Å². The van der Waals surface area contributed by atoms with Gasteiger partial charge in [-0.1, -0.05) is 77.4 Å². The standard InChI is InChI=1S/C24H19Cl2N3O2S/c1-2-12-29-23(31)21(14-22(30)27-20-11-10-16(25)13-18(20)26)32-24(29)28-19-9-5-7-15-6-3-4-8-17(15)19/h2-11,13,21H,1,12,14H2,(H,27,30)/t21-/m0/s1. The van der Waals surface area contributed by atoms with Gasteiger partial charge in [0.2, 0.25) is 11.8 Å². The molecule has 8 heteroatoms. The highest BCUT2D eigenvalue weighted by Crippen LogP contribution is 2.34. The van der Waals surface area contributed by atoms with Gasteiger partial charge in [0.1, 0.15) is 5.25 Å². The maximum absolute atomic E-state index is 13.0. The molecule has 1 atom stereocenters. The number of nitrogens with one attached hydrogen (secondary N) is 1. The van der Waals surface area contributed by atoms with Gasteiger partial charge < -0.3 is 5.32 Å². The average Bonchev–Trinajstić information content (AvgIpc) is 3.05. The molecule has 0 unspecified atom stereocenters. The molecule has 1 fully saturated rings. The minimum Gasteiger partial charge on any atom is -0.325 e. The van der Waals surface area contributed by atoms with Crippen molar-refractivity contribution in [2.75, 3.05) is 11.9 Å². The fourth-order valence-corrected chi connectivity index (χ4v) is 5.01. The van der Waals surface area contributed by atoms with Crippen molar-refractivity contribution >= 4 is 74.1 Å². The van der Waals surface area contributed by atoms with E-state index in [4.69, 9.17) is 28.2 Å². The molecule has 2 amide bonds. The van der Waals surface area contributed by atoms with Gasteiger partial charge in [0, 0.05) is 23.4 Å². The van der Waals surface area contributed by atoms with E-state index in [1.165, 1.54) is 11.8 Å². The number of halogens is 2. The van der Waals surface area contributed by atoms with Crippen molar-refractivity contribution in [2.45, 2.75) is 11.7 Å². The Bertz CT molecular complexity index is 1240. The quantitative estimate of drug-likeness (QED) is 0.418. The summed E-state index contributed by atoms with van der Waals surface area (Å²) >= 11 is 13.3. The minimum atomic E-state index is -0.588. The second-order valence-corrected chi connectivity index (χ2v) is 9.13. The van der Waals surface area contributed by atoms with Crippen molar-refractivity contribution in [3.05, 3.63) is 83.4 Å². The van der Waals surface area contributed by atoms with Crippen LogP contribution >= 0.6 is 35.0 Å². The predicted molar refractivity (Wildman–Crippen MR) is 134 cm³/mol. The van der Waals surface area contributed by atoms with E-state index in [9.17, 15) is 9.59 Å². The Hall–Kier alpha value is -2.80. The second kappa shape index (κ2) is 9.77. The summed E-state index contributed by atoms with van der Waals surface area (Å²) in [6.07, 6.45) is 1.64. The Morgan fingerprint density at radius 3 is 2.72 bits per heavy atom. The molecule has 1 aliphatic rings. The van der Waals surface area contributed by atoms with Crippen LogP contribution in [0.15, 0.2) is 78.3 Å². The molecular formula is C24H19Cl2N3O2S. The van der Waals surface area contributed by atoms with Gasteiger partial charge in [-0.05, 0) is 29.7 Å². The van der Waals surface area contributed by atoms with E-state index >= 15 is 0 Å². The summed E-state index contributed by atoms with van der Waals surface area (Å²) in [5.41, 5.74) is 1.22. The summed E-state index contributed by atoms with van der Waals surface area (Å²) in [6.45, 7) is 4.06. The van der Waals surface area contributed by atoms with Gasteiger partial charge in [-0.25, -0.2) is 4.99 Å². The van der Waals surface area contributed by atoms with E-state index < -0.39 is 5.25 Å². The van der Waals surface area contributed by atoms with Crippen LogP contribution in [-0.2, 0) is 9.59 Å². The molecule has 5 nitrogen and oxygen atoms in total. The molecule has 162 valence electrons. The lowest BCUT2D eigenvalue weighted by molar-refractivity contribution is -0.127. The number of aliphatic imine (C=N–C) groups is 1. The van der Waals surface area contributed by atoms with Gasteiger partial charge in [-0.15, -0.1) is 6.58 Å². The molecule has 1 saturated heterocycles. The fraction of sp³-hybridized carbons (Fsp3) is 0.125. The molecule has 32 heavy (non-hydrogen) atoms. The number of benzene rings is 3. The Morgan fingerprint density at radius 1 is 1.16 bits per heavy atom. The first-order chi connectivity index (χ1) is 15.5. The minimum absolute atomic E-state index is 0.00927. The van der Waals surface area contributed by atoms with Crippen LogP contribution in [-0.4, -0.2) is 33.7 Å². The lowest BCUT2D eigenvalue weighted by Gasteiger charge is -2.14. The van der Waals surface area contributed by atoms with Gasteiger partial charge in [-0.3, -0.25) is 14.5 Å². The third-order valence-electron chi connectivity index (χ3n) is 4.89. The van der Waals surface area contributed by atoms with Crippen molar-refractivity contribution in [2.24, 2.45) is 4.99 Å². The maximum atomic E-state index is 13.0. The van der Waals surface area contributed by atoms with Crippen LogP contribution in [0.25, 0.3) is 10.8 Å². The molecule has 3 aromatic rings. The van der Waals surface area contributed by atoms with Crippen LogP contribution in [0.1, 0.15) is 6.42 Å². The highest BCUT2D eigenvalue weighted by molar-refractivity contribution is 8.15. The summed E-state index contributed by atoms with van der Waals surface area (Å²) in [7, 11) is 0. The van der Waals surface area contributed by atoms with Crippen LogP contribution in [0, 0.1) is 0 Å². The van der Waals surface area contributed by atoms with Crippen molar-refractivity contribution in [3.8, 4) is 0 Å². The summed E-state index contributed by atoms with van der Waals surface area (Å²) < 4.78 is 0. The number of carbonyl (C=O) groups is 2. The Morgan fingerprint density at radius 2 is 1.94 bits per heavy atom. The lowest BCUT2D eigenvalue weighted by Crippen LogP contribution is -2.33. The zero-order valence-corrected chi connectivity index (χ0v) is 19.3. The van der Waals surface area contributed by atoms with Crippen LogP contribution in [0.2, 0.25) is 10.0 Å². The normalized spacial score (nSPS) is 17.2. The fourth-order valence-electron chi connectivity index (χ4n) is 3.39. The molecule has 0 aromatic heterocycles. The highest BCUT2D eigenvalue weighted by Gasteiger charge is 2.38. The first-order valence-electron chi connectivity index (χ1n) is 9.86. The Labute approximate surface area is 200 Å². The van der Waals surface area contributed by atoms with E-state index in [0.29, 0.717) is 27.4 Å². The van der Waals surface area contributed by atoms with E-state index in [-0.39, 0.29) is 18.2 Å². The number of nitrogens with zero attached hydrogens (tertiary/aromatic N) is 2. The number of thioether (sulfide) groups is 1. The van der Waals surface area contributed by atoms with Crippen LogP contribution < -0.4 is 5.32 Å². The number of anilines is 1. The lowest BCUT2D eigenvalue weighted by atomic mass is 10.1. The van der Waals surface area contributed by atoms with E-state index in [2.05, 4.69) is 11.9 Å². The molecule has 1 N–H and O–H groups in total. The average molecular weight is 484 g/mol. The van der Waals surface area contributed by atoms with Gasteiger partial charge in [0.05, 0.1) is 16.4 Å². The molecule has 3 aromatic carbocycles. The SMILES string of the molecule is C=CCN1C(=O)[C@H](CC(=O)Nc2ccc(Cl)cc2Cl)SC1=Nc1cccc2ccccc12. The number of carbonyl (C=O) groups excluding carboxylic acids is 2. The molecular weight excluding hydrogens is 465 g/mol. The predicted octanol–water partition coefficient (Wildman–Crippen LogP) is 6.29. The van der Waals surface area contributed by atoms with Gasteiger partial charge >= 0.3 is 0 Å². The first kappa shape index (κ1) is 22.4. The summed E-state index contributed by atoms with van der Waals surface area (Å²) in [5, 5.41) is 5.58. The van der Waals surface area contributed by atoms with Crippen molar-refractivity contribution in [1.82, 2.24) is 4.90 Å². The van der Waals surface area contributed by atoms with E-state index in [1.54, 1.807) is 29.2 Å². The van der Waals surface area contributed by atoms with Gasteiger partial charge in [0.25, 0.3) is 0 Å². The number of amides is 2. The molecule has 0 radical (unpaired) electrons. The molecule has 1 heterocycles. The van der Waals surface area contributed by atoms with Crippen LogP contribution in [0.5, 0.6) is 0 Å². The Kier molecular flexibility index (Phi) is 6.84. The number of amidine groups is 1. The largest absolute Gasteiger partial charge is 0.325 e. The molecule has 0 spiro atoms.